The van der Waals surface area contributed by atoms with Gasteiger partial charge in [-0.05, 0) is 25.3 Å². The molecule has 19 heavy (non-hydrogen) atoms. The summed E-state index contributed by atoms with van der Waals surface area (Å²) in [7, 11) is 0. The predicted molar refractivity (Wildman–Crippen MR) is 76.6 cm³/mol. The molecule has 0 amide bonds. The normalized spacial score (nSPS) is 11.9. The molecule has 0 spiro atoms. The van der Waals surface area contributed by atoms with Crippen LogP contribution >= 0.6 is 0 Å². The molecular weight excluding hydrogens is 246 g/mol. The van der Waals surface area contributed by atoms with E-state index in [0.29, 0.717) is 25.4 Å². The van der Waals surface area contributed by atoms with Crippen molar-refractivity contribution in [1.82, 2.24) is 0 Å². The SMILES string of the molecule is CCNc1cc(NCC(C)CCO)cc([N+](=O)[O-])c1. The highest BCUT2D eigenvalue weighted by Crippen LogP contribution is 2.24. The van der Waals surface area contributed by atoms with Crippen LogP contribution in [-0.2, 0) is 0 Å². The summed E-state index contributed by atoms with van der Waals surface area (Å²) in [5.74, 6) is 0.312. The van der Waals surface area contributed by atoms with Gasteiger partial charge in [-0.1, -0.05) is 6.92 Å². The van der Waals surface area contributed by atoms with E-state index in [-0.39, 0.29) is 12.3 Å². The van der Waals surface area contributed by atoms with Crippen LogP contribution in [-0.4, -0.2) is 29.7 Å². The molecule has 0 heterocycles. The second-order valence-corrected chi connectivity index (χ2v) is 4.55. The number of benzene rings is 1. The Labute approximate surface area is 113 Å². The summed E-state index contributed by atoms with van der Waals surface area (Å²) >= 11 is 0. The Bertz CT molecular complexity index is 424. The number of nitrogens with one attached hydrogen (secondary N) is 2. The minimum Gasteiger partial charge on any atom is -0.396 e. The molecule has 1 aromatic rings. The number of nitro benzene ring substituents is 1. The van der Waals surface area contributed by atoms with Gasteiger partial charge >= 0.3 is 0 Å². The van der Waals surface area contributed by atoms with Crippen molar-refractivity contribution in [1.29, 1.82) is 0 Å². The third-order valence-corrected chi connectivity index (χ3v) is 2.79. The first-order valence-corrected chi connectivity index (χ1v) is 6.45. The van der Waals surface area contributed by atoms with Crippen LogP contribution in [0.3, 0.4) is 0 Å². The van der Waals surface area contributed by atoms with E-state index < -0.39 is 4.92 Å². The largest absolute Gasteiger partial charge is 0.396 e. The van der Waals surface area contributed by atoms with Crippen molar-refractivity contribution in [2.24, 2.45) is 5.92 Å². The summed E-state index contributed by atoms with van der Waals surface area (Å²) in [5, 5.41) is 25.9. The number of non-ortho nitro benzene ring substituents is 1. The standard InChI is InChI=1S/C13H21N3O3/c1-3-14-11-6-12(8-13(7-11)16(18)19)15-9-10(2)4-5-17/h6-8,10,14-15,17H,3-5,9H2,1-2H3. The van der Waals surface area contributed by atoms with Gasteiger partial charge in [0.15, 0.2) is 0 Å². The van der Waals surface area contributed by atoms with Crippen LogP contribution < -0.4 is 10.6 Å². The molecule has 0 bridgehead atoms. The molecule has 0 aliphatic rings. The molecule has 1 aromatic carbocycles. The minimum absolute atomic E-state index is 0.0655. The topological polar surface area (TPSA) is 87.4 Å². The highest BCUT2D eigenvalue weighted by molar-refractivity contribution is 5.63. The first-order valence-electron chi connectivity index (χ1n) is 6.45. The molecular formula is C13H21N3O3. The van der Waals surface area contributed by atoms with Gasteiger partial charge in [0.05, 0.1) is 4.92 Å². The van der Waals surface area contributed by atoms with E-state index in [9.17, 15) is 10.1 Å². The summed E-state index contributed by atoms with van der Waals surface area (Å²) in [4.78, 5) is 10.5. The van der Waals surface area contributed by atoms with E-state index in [1.165, 1.54) is 12.1 Å². The quantitative estimate of drug-likeness (QED) is 0.497. The fraction of sp³-hybridized carbons (Fsp3) is 0.538. The first kappa shape index (κ1) is 15.2. The van der Waals surface area contributed by atoms with Crippen LogP contribution in [0, 0.1) is 16.0 Å². The van der Waals surface area contributed by atoms with Gasteiger partial charge < -0.3 is 15.7 Å². The molecule has 6 nitrogen and oxygen atoms in total. The second kappa shape index (κ2) is 7.58. The Morgan fingerprint density at radius 3 is 2.47 bits per heavy atom. The van der Waals surface area contributed by atoms with Crippen molar-refractivity contribution in [3.63, 3.8) is 0 Å². The number of rotatable bonds is 8. The molecule has 0 aliphatic carbocycles. The maximum absolute atomic E-state index is 10.9. The molecule has 1 rings (SSSR count). The molecule has 0 fully saturated rings. The monoisotopic (exact) mass is 267 g/mol. The Kier molecular flexibility index (Phi) is 6.08. The van der Waals surface area contributed by atoms with Crippen LogP contribution in [0.2, 0.25) is 0 Å². The van der Waals surface area contributed by atoms with Crippen LogP contribution in [0.4, 0.5) is 17.1 Å². The molecule has 106 valence electrons. The molecule has 0 aromatic heterocycles. The fourth-order valence-corrected chi connectivity index (χ4v) is 1.74. The summed E-state index contributed by atoms with van der Waals surface area (Å²) in [5.41, 5.74) is 1.51. The van der Waals surface area contributed by atoms with Crippen LogP contribution in [0.15, 0.2) is 18.2 Å². The second-order valence-electron chi connectivity index (χ2n) is 4.55. The third kappa shape index (κ3) is 5.13. The van der Waals surface area contributed by atoms with Gasteiger partial charge in [0.2, 0.25) is 0 Å². The van der Waals surface area contributed by atoms with Crippen LogP contribution in [0.1, 0.15) is 20.3 Å². The van der Waals surface area contributed by atoms with Gasteiger partial charge in [-0.3, -0.25) is 10.1 Å². The predicted octanol–water partition coefficient (Wildman–Crippen LogP) is 2.46. The maximum Gasteiger partial charge on any atom is 0.273 e. The molecule has 0 saturated carbocycles. The molecule has 0 radical (unpaired) electrons. The van der Waals surface area contributed by atoms with E-state index >= 15 is 0 Å². The van der Waals surface area contributed by atoms with Crippen molar-refractivity contribution in [2.75, 3.05) is 30.3 Å². The van der Waals surface area contributed by atoms with E-state index in [2.05, 4.69) is 10.6 Å². The summed E-state index contributed by atoms with van der Waals surface area (Å²) < 4.78 is 0. The van der Waals surface area contributed by atoms with Crippen molar-refractivity contribution >= 4 is 17.1 Å². The lowest BCUT2D eigenvalue weighted by molar-refractivity contribution is -0.384. The molecule has 1 unspecified atom stereocenters. The molecule has 6 heteroatoms. The third-order valence-electron chi connectivity index (χ3n) is 2.79. The van der Waals surface area contributed by atoms with E-state index in [0.717, 1.165) is 11.4 Å². The Morgan fingerprint density at radius 1 is 1.32 bits per heavy atom. The van der Waals surface area contributed by atoms with E-state index in [4.69, 9.17) is 5.11 Å². The Balaban J connectivity index is 2.78. The van der Waals surface area contributed by atoms with Crippen molar-refractivity contribution in [2.45, 2.75) is 20.3 Å². The number of nitrogens with zero attached hydrogens (tertiary/aromatic N) is 1. The molecule has 1 atom stereocenters. The van der Waals surface area contributed by atoms with Gasteiger partial charge in [0, 0.05) is 43.2 Å². The molecule has 0 aliphatic heterocycles. The zero-order chi connectivity index (χ0) is 14.3. The van der Waals surface area contributed by atoms with Gasteiger partial charge in [-0.2, -0.15) is 0 Å². The zero-order valence-corrected chi connectivity index (χ0v) is 11.3. The Morgan fingerprint density at radius 2 is 1.95 bits per heavy atom. The average Bonchev–Trinajstić information content (AvgIpc) is 2.37. The minimum atomic E-state index is -0.400. The van der Waals surface area contributed by atoms with Gasteiger partial charge in [0.1, 0.15) is 0 Å². The van der Waals surface area contributed by atoms with Crippen molar-refractivity contribution in [3.8, 4) is 0 Å². The number of hydrogen-bond donors (Lipinski definition) is 3. The highest BCUT2D eigenvalue weighted by Gasteiger charge is 2.10. The summed E-state index contributed by atoms with van der Waals surface area (Å²) in [6.45, 7) is 5.50. The van der Waals surface area contributed by atoms with Crippen molar-refractivity contribution < 1.29 is 10.0 Å². The van der Waals surface area contributed by atoms with Gasteiger partial charge in [-0.15, -0.1) is 0 Å². The smallest absolute Gasteiger partial charge is 0.273 e. The number of nitro groups is 1. The van der Waals surface area contributed by atoms with Crippen LogP contribution in [0.5, 0.6) is 0 Å². The molecule has 0 saturated heterocycles. The summed E-state index contributed by atoms with van der Waals surface area (Å²) in [6.07, 6.45) is 0.710. The lowest BCUT2D eigenvalue weighted by Crippen LogP contribution is -2.13. The fourth-order valence-electron chi connectivity index (χ4n) is 1.74. The zero-order valence-electron chi connectivity index (χ0n) is 11.3. The number of hydrogen-bond acceptors (Lipinski definition) is 5. The van der Waals surface area contributed by atoms with Crippen molar-refractivity contribution in [3.05, 3.63) is 28.3 Å². The average molecular weight is 267 g/mol. The van der Waals surface area contributed by atoms with E-state index in [1.54, 1.807) is 0 Å². The summed E-state index contributed by atoms with van der Waals surface area (Å²) in [6, 6.07) is 4.89. The van der Waals surface area contributed by atoms with Gasteiger partial charge in [-0.25, -0.2) is 0 Å². The lowest BCUT2D eigenvalue weighted by atomic mass is 10.1. The highest BCUT2D eigenvalue weighted by atomic mass is 16.6. The number of aliphatic hydroxyl groups is 1. The first-order chi connectivity index (χ1) is 9.06. The van der Waals surface area contributed by atoms with E-state index in [1.807, 2.05) is 19.9 Å². The lowest BCUT2D eigenvalue weighted by Gasteiger charge is -2.13. The Hall–Kier alpha value is -1.82. The molecule has 3 N–H and O–H groups in total. The maximum atomic E-state index is 10.9. The van der Waals surface area contributed by atoms with Gasteiger partial charge in [0.25, 0.3) is 5.69 Å². The van der Waals surface area contributed by atoms with Crippen LogP contribution in [0.25, 0.3) is 0 Å². The number of anilines is 2. The number of aliphatic hydroxyl groups excluding tert-OH is 1.